The number of aliphatic imine (C=N–C) groups is 1. The first-order chi connectivity index (χ1) is 10.8. The van der Waals surface area contributed by atoms with Crippen molar-refractivity contribution in [1.82, 2.24) is 5.32 Å². The van der Waals surface area contributed by atoms with E-state index in [4.69, 9.17) is 9.47 Å². The van der Waals surface area contributed by atoms with Crippen molar-refractivity contribution in [3.63, 3.8) is 0 Å². The third-order valence-corrected chi connectivity index (χ3v) is 4.01. The van der Waals surface area contributed by atoms with Crippen molar-refractivity contribution < 1.29 is 9.47 Å². The highest BCUT2D eigenvalue weighted by atomic mass is 79.9. The Balaban J connectivity index is 0.00000192. The van der Waals surface area contributed by atoms with Crippen molar-refractivity contribution in [2.24, 2.45) is 4.99 Å². The van der Waals surface area contributed by atoms with Crippen molar-refractivity contribution in [1.29, 1.82) is 0 Å². The zero-order valence-electron chi connectivity index (χ0n) is 13.0. The monoisotopic (exact) mass is 398 g/mol. The number of hydrogen-bond donors (Lipinski definition) is 1. The molecule has 0 atom stereocenters. The highest BCUT2D eigenvalue weighted by molar-refractivity contribution is 9.10. The Bertz CT molecular complexity index is 706. The fourth-order valence-electron chi connectivity index (χ4n) is 2.49. The number of rotatable bonds is 6. The second-order valence-electron chi connectivity index (χ2n) is 5.04. The summed E-state index contributed by atoms with van der Waals surface area (Å²) in [6.07, 6.45) is 0. The van der Waals surface area contributed by atoms with Gasteiger partial charge in [-0.2, -0.15) is 0 Å². The van der Waals surface area contributed by atoms with Crippen molar-refractivity contribution in [2.45, 2.75) is 6.92 Å². The Kier molecular flexibility index (Phi) is 6.69. The van der Waals surface area contributed by atoms with Crippen LogP contribution in [0.5, 0.6) is 5.75 Å². The van der Waals surface area contributed by atoms with Gasteiger partial charge in [-0.3, -0.25) is 4.99 Å². The lowest BCUT2D eigenvalue weighted by Gasteiger charge is -2.14. The topological polar surface area (TPSA) is 42.9 Å². The molecule has 2 aromatic rings. The lowest BCUT2D eigenvalue weighted by molar-refractivity contribution is 0.110. The van der Waals surface area contributed by atoms with E-state index in [0.717, 1.165) is 45.5 Å². The lowest BCUT2D eigenvalue weighted by atomic mass is 10.1. The number of nitrogens with one attached hydrogen (secondary N) is 1. The van der Waals surface area contributed by atoms with Gasteiger partial charge < -0.3 is 14.8 Å². The molecule has 1 aliphatic rings. The molecule has 0 aromatic heterocycles. The molecule has 0 spiro atoms. The standard InChI is InChI=1S/C17H19BrN2O2.ClH/c1-2-21-7-8-22-16-11-12-3-4-14(18)9-13(12)10-15(16)17-19-5-6-20-17;/h3-4,9-11H,2,5-8H2,1H3,(H,19,20);1H. The summed E-state index contributed by atoms with van der Waals surface area (Å²) in [6, 6.07) is 10.4. The Morgan fingerprint density at radius 1 is 1.17 bits per heavy atom. The number of benzene rings is 2. The molecule has 2 aromatic carbocycles. The largest absolute Gasteiger partial charge is 0.490 e. The first kappa shape index (κ1) is 18.0. The summed E-state index contributed by atoms with van der Waals surface area (Å²) in [5, 5.41) is 5.64. The second-order valence-corrected chi connectivity index (χ2v) is 5.96. The maximum Gasteiger partial charge on any atom is 0.132 e. The summed E-state index contributed by atoms with van der Waals surface area (Å²) in [4.78, 5) is 4.52. The SMILES string of the molecule is CCOCCOc1cc2ccc(Br)cc2cc1C1=NCCN1.Cl. The van der Waals surface area contributed by atoms with E-state index in [0.29, 0.717) is 19.8 Å². The van der Waals surface area contributed by atoms with Crippen LogP contribution in [0, 0.1) is 0 Å². The molecule has 0 fully saturated rings. The molecular weight excluding hydrogens is 380 g/mol. The summed E-state index contributed by atoms with van der Waals surface area (Å²) in [5.41, 5.74) is 1.01. The van der Waals surface area contributed by atoms with Gasteiger partial charge in [0.2, 0.25) is 0 Å². The zero-order valence-corrected chi connectivity index (χ0v) is 15.4. The predicted molar refractivity (Wildman–Crippen MR) is 100 cm³/mol. The van der Waals surface area contributed by atoms with E-state index in [9.17, 15) is 0 Å². The summed E-state index contributed by atoms with van der Waals surface area (Å²) >= 11 is 3.52. The summed E-state index contributed by atoms with van der Waals surface area (Å²) in [6.45, 7) is 5.51. The normalized spacial score (nSPS) is 13.4. The molecule has 0 unspecified atom stereocenters. The molecule has 0 saturated heterocycles. The van der Waals surface area contributed by atoms with E-state index in [1.54, 1.807) is 0 Å². The molecule has 23 heavy (non-hydrogen) atoms. The van der Waals surface area contributed by atoms with Crippen LogP contribution in [-0.2, 0) is 4.74 Å². The van der Waals surface area contributed by atoms with Gasteiger partial charge in [0.1, 0.15) is 18.2 Å². The molecule has 124 valence electrons. The first-order valence-corrected chi connectivity index (χ1v) is 8.30. The van der Waals surface area contributed by atoms with Gasteiger partial charge in [0.15, 0.2) is 0 Å². The molecule has 0 amide bonds. The summed E-state index contributed by atoms with van der Waals surface area (Å²) < 4.78 is 12.3. The van der Waals surface area contributed by atoms with Crippen LogP contribution in [0.15, 0.2) is 39.8 Å². The van der Waals surface area contributed by atoms with Crippen LogP contribution in [0.4, 0.5) is 0 Å². The van der Waals surface area contributed by atoms with Crippen LogP contribution in [0.2, 0.25) is 0 Å². The van der Waals surface area contributed by atoms with Gasteiger partial charge in [-0.05, 0) is 42.0 Å². The van der Waals surface area contributed by atoms with E-state index < -0.39 is 0 Å². The average Bonchev–Trinajstić information content (AvgIpc) is 3.05. The minimum absolute atomic E-state index is 0. The zero-order chi connectivity index (χ0) is 15.4. The number of nitrogens with zero attached hydrogens (tertiary/aromatic N) is 1. The van der Waals surface area contributed by atoms with E-state index >= 15 is 0 Å². The predicted octanol–water partition coefficient (Wildman–Crippen LogP) is 3.79. The Morgan fingerprint density at radius 2 is 2.04 bits per heavy atom. The van der Waals surface area contributed by atoms with Gasteiger partial charge in [0.25, 0.3) is 0 Å². The fourth-order valence-corrected chi connectivity index (χ4v) is 2.86. The molecule has 0 bridgehead atoms. The van der Waals surface area contributed by atoms with Gasteiger partial charge in [0, 0.05) is 17.6 Å². The highest BCUT2D eigenvalue weighted by Crippen LogP contribution is 2.29. The fraction of sp³-hybridized carbons (Fsp3) is 0.353. The minimum Gasteiger partial charge on any atom is -0.490 e. The summed E-state index contributed by atoms with van der Waals surface area (Å²) in [7, 11) is 0. The lowest BCUT2D eigenvalue weighted by Crippen LogP contribution is -2.20. The molecular formula is C17H20BrClN2O2. The quantitative estimate of drug-likeness (QED) is 0.752. The maximum absolute atomic E-state index is 5.93. The van der Waals surface area contributed by atoms with Crippen LogP contribution in [-0.4, -0.2) is 38.7 Å². The summed E-state index contributed by atoms with van der Waals surface area (Å²) in [5.74, 6) is 1.76. The van der Waals surface area contributed by atoms with E-state index in [1.165, 1.54) is 0 Å². The molecule has 4 nitrogen and oxygen atoms in total. The Morgan fingerprint density at radius 3 is 2.78 bits per heavy atom. The minimum atomic E-state index is 0. The molecule has 1 heterocycles. The van der Waals surface area contributed by atoms with Crippen molar-refractivity contribution in [3.05, 3.63) is 40.4 Å². The van der Waals surface area contributed by atoms with E-state index in [1.807, 2.05) is 13.0 Å². The Hall–Kier alpha value is -1.30. The van der Waals surface area contributed by atoms with Crippen LogP contribution in [0.25, 0.3) is 10.8 Å². The van der Waals surface area contributed by atoms with Crippen molar-refractivity contribution in [3.8, 4) is 5.75 Å². The Labute approximate surface area is 150 Å². The molecule has 1 N–H and O–H groups in total. The van der Waals surface area contributed by atoms with Crippen LogP contribution in [0.3, 0.4) is 0 Å². The van der Waals surface area contributed by atoms with Gasteiger partial charge in [-0.25, -0.2) is 0 Å². The molecule has 0 radical (unpaired) electrons. The number of fused-ring (bicyclic) bond motifs is 1. The highest BCUT2D eigenvalue weighted by Gasteiger charge is 2.15. The molecule has 0 aliphatic carbocycles. The van der Waals surface area contributed by atoms with Gasteiger partial charge in [-0.15, -0.1) is 12.4 Å². The first-order valence-electron chi connectivity index (χ1n) is 7.50. The van der Waals surface area contributed by atoms with Crippen LogP contribution in [0.1, 0.15) is 12.5 Å². The van der Waals surface area contributed by atoms with E-state index in [-0.39, 0.29) is 12.4 Å². The van der Waals surface area contributed by atoms with Crippen molar-refractivity contribution >= 4 is 44.9 Å². The van der Waals surface area contributed by atoms with Crippen LogP contribution >= 0.6 is 28.3 Å². The number of hydrogen-bond acceptors (Lipinski definition) is 4. The molecule has 0 saturated carbocycles. The van der Waals surface area contributed by atoms with Crippen molar-refractivity contribution in [2.75, 3.05) is 32.9 Å². The van der Waals surface area contributed by atoms with E-state index in [2.05, 4.69) is 50.5 Å². The van der Waals surface area contributed by atoms with Gasteiger partial charge in [-0.1, -0.05) is 22.0 Å². The maximum atomic E-state index is 5.93. The number of amidine groups is 1. The average molecular weight is 400 g/mol. The smallest absolute Gasteiger partial charge is 0.132 e. The van der Waals surface area contributed by atoms with Crippen LogP contribution < -0.4 is 10.1 Å². The third kappa shape index (κ3) is 4.37. The third-order valence-electron chi connectivity index (χ3n) is 3.52. The molecule has 3 rings (SSSR count). The van der Waals surface area contributed by atoms with Gasteiger partial charge in [0.05, 0.1) is 18.7 Å². The molecule has 6 heteroatoms. The number of ether oxygens (including phenoxy) is 2. The van der Waals surface area contributed by atoms with Gasteiger partial charge >= 0.3 is 0 Å². The number of halogens is 2. The second kappa shape index (κ2) is 8.52. The molecule has 1 aliphatic heterocycles.